The molecule has 0 saturated heterocycles. The number of hydrogen-bond acceptors (Lipinski definition) is 5. The summed E-state index contributed by atoms with van der Waals surface area (Å²) in [6.45, 7) is 1.69. The summed E-state index contributed by atoms with van der Waals surface area (Å²) in [4.78, 5) is 14.7. The van der Waals surface area contributed by atoms with Crippen molar-refractivity contribution < 1.29 is 18.3 Å². The van der Waals surface area contributed by atoms with Crippen LogP contribution >= 0.6 is 0 Å². The summed E-state index contributed by atoms with van der Waals surface area (Å²) in [5, 5.41) is 8.73. The summed E-state index contributed by atoms with van der Waals surface area (Å²) in [5.74, 6) is -0.796. The zero-order valence-electron chi connectivity index (χ0n) is 8.91. The third-order valence-electron chi connectivity index (χ3n) is 1.96. The molecule has 0 aromatic carbocycles. The predicted molar refractivity (Wildman–Crippen MR) is 54.3 cm³/mol. The monoisotopic (exact) mass is 241 g/mol. The molecular weight excluding hydrogens is 232 g/mol. The first-order valence-electron chi connectivity index (χ1n) is 4.66. The Morgan fingerprint density at radius 1 is 1.71 bits per heavy atom. The van der Waals surface area contributed by atoms with E-state index in [0.29, 0.717) is 0 Å². The van der Waals surface area contributed by atoms with Crippen molar-refractivity contribution in [3.63, 3.8) is 0 Å². The van der Waals surface area contributed by atoms with Gasteiger partial charge in [0.15, 0.2) is 0 Å². The molecule has 1 aromatic heterocycles. The number of nitrogen functional groups attached to an aromatic ring is 1. The molecule has 0 radical (unpaired) electrons. The Kier molecular flexibility index (Phi) is 3.93. The van der Waals surface area contributed by atoms with Crippen LogP contribution in [0.5, 0.6) is 0 Å². The first-order valence-corrected chi connectivity index (χ1v) is 4.66. The highest BCUT2D eigenvalue weighted by Crippen LogP contribution is 2.26. The minimum absolute atomic E-state index is 0.108. The number of nitrogens with zero attached hydrogens (tertiary/aromatic N) is 2. The molecule has 7 heteroatoms. The molecule has 1 rings (SSSR count). The first-order chi connectivity index (χ1) is 8.02. The molecule has 0 amide bonds. The molecular formula is C10H9F2N3O2. The SMILES string of the molecule is CCOC(=O)c1cnc(C(F)F)c(C#N)c1N. The minimum Gasteiger partial charge on any atom is -0.462 e. The van der Waals surface area contributed by atoms with Crippen molar-refractivity contribution in [1.82, 2.24) is 4.98 Å². The summed E-state index contributed by atoms with van der Waals surface area (Å²) >= 11 is 0. The molecule has 0 aliphatic carbocycles. The number of nitriles is 1. The van der Waals surface area contributed by atoms with E-state index >= 15 is 0 Å². The Balaban J connectivity index is 3.31. The number of anilines is 1. The Labute approximate surface area is 95.8 Å². The second-order valence-electron chi connectivity index (χ2n) is 2.98. The highest BCUT2D eigenvalue weighted by atomic mass is 19.3. The van der Waals surface area contributed by atoms with E-state index in [1.165, 1.54) is 6.07 Å². The Bertz CT molecular complexity index is 483. The minimum atomic E-state index is -2.93. The highest BCUT2D eigenvalue weighted by Gasteiger charge is 2.22. The smallest absolute Gasteiger partial charge is 0.341 e. The van der Waals surface area contributed by atoms with Gasteiger partial charge >= 0.3 is 5.97 Å². The van der Waals surface area contributed by atoms with Gasteiger partial charge in [-0.3, -0.25) is 4.98 Å². The largest absolute Gasteiger partial charge is 0.462 e. The molecule has 0 aliphatic heterocycles. The van der Waals surface area contributed by atoms with Crippen LogP contribution < -0.4 is 5.73 Å². The van der Waals surface area contributed by atoms with Gasteiger partial charge in [-0.1, -0.05) is 0 Å². The summed E-state index contributed by atoms with van der Waals surface area (Å²) in [6.07, 6.45) is -2.04. The van der Waals surface area contributed by atoms with Gasteiger partial charge in [0.25, 0.3) is 6.43 Å². The van der Waals surface area contributed by atoms with E-state index in [9.17, 15) is 13.6 Å². The standard InChI is InChI=1S/C10H9F2N3O2/c1-2-17-10(16)6-4-15-8(9(11)12)5(3-13)7(6)14/h4,9H,2H2,1H3,(H2,14,15). The number of ether oxygens (including phenoxy) is 1. The molecule has 1 aromatic rings. The number of pyridine rings is 1. The number of rotatable bonds is 3. The molecule has 0 aliphatic rings. The number of carbonyl (C=O) groups excluding carboxylic acids is 1. The predicted octanol–water partition coefficient (Wildman–Crippen LogP) is 1.65. The number of alkyl halides is 2. The number of esters is 1. The normalized spacial score (nSPS) is 10.1. The number of nitrogens with two attached hydrogens (primary N) is 1. The molecule has 2 N–H and O–H groups in total. The topological polar surface area (TPSA) is 89.0 Å². The van der Waals surface area contributed by atoms with Crippen LogP contribution in [-0.4, -0.2) is 17.6 Å². The van der Waals surface area contributed by atoms with Crippen molar-refractivity contribution in [3.8, 4) is 6.07 Å². The van der Waals surface area contributed by atoms with Gasteiger partial charge in [0.2, 0.25) is 0 Å². The number of hydrogen-bond donors (Lipinski definition) is 1. The van der Waals surface area contributed by atoms with E-state index in [1.807, 2.05) is 0 Å². The Hall–Kier alpha value is -2.23. The van der Waals surface area contributed by atoms with Crippen LogP contribution in [0.2, 0.25) is 0 Å². The molecule has 0 bridgehead atoms. The third kappa shape index (κ3) is 2.47. The maximum atomic E-state index is 12.5. The number of carbonyl (C=O) groups is 1. The quantitative estimate of drug-likeness (QED) is 0.812. The molecule has 17 heavy (non-hydrogen) atoms. The Morgan fingerprint density at radius 3 is 2.82 bits per heavy atom. The zero-order valence-corrected chi connectivity index (χ0v) is 8.91. The Morgan fingerprint density at radius 2 is 2.35 bits per heavy atom. The summed E-state index contributed by atoms with van der Waals surface area (Å²) < 4.78 is 29.6. The maximum Gasteiger partial charge on any atom is 0.341 e. The van der Waals surface area contributed by atoms with Crippen molar-refractivity contribution in [1.29, 1.82) is 5.26 Å². The van der Waals surface area contributed by atoms with E-state index in [0.717, 1.165) is 6.20 Å². The average Bonchev–Trinajstić information content (AvgIpc) is 2.28. The lowest BCUT2D eigenvalue weighted by Crippen LogP contribution is -2.12. The van der Waals surface area contributed by atoms with E-state index in [4.69, 9.17) is 11.0 Å². The van der Waals surface area contributed by atoms with E-state index in [2.05, 4.69) is 9.72 Å². The lowest BCUT2D eigenvalue weighted by molar-refractivity contribution is 0.0526. The molecule has 0 saturated carbocycles. The van der Waals surface area contributed by atoms with Crippen LogP contribution in [-0.2, 0) is 4.74 Å². The van der Waals surface area contributed by atoms with Gasteiger partial charge in [-0.2, -0.15) is 5.26 Å². The fourth-order valence-electron chi connectivity index (χ4n) is 1.20. The summed E-state index contributed by atoms with van der Waals surface area (Å²) in [6, 6.07) is 1.51. The van der Waals surface area contributed by atoms with Crippen molar-refractivity contribution in [2.75, 3.05) is 12.3 Å². The highest BCUT2D eigenvalue weighted by molar-refractivity contribution is 5.96. The second kappa shape index (κ2) is 5.21. The van der Waals surface area contributed by atoms with Gasteiger partial charge < -0.3 is 10.5 Å². The van der Waals surface area contributed by atoms with E-state index < -0.39 is 23.7 Å². The first kappa shape index (κ1) is 12.8. The molecule has 0 fully saturated rings. The lowest BCUT2D eigenvalue weighted by Gasteiger charge is -2.09. The third-order valence-corrected chi connectivity index (χ3v) is 1.96. The van der Waals surface area contributed by atoms with Crippen LogP contribution in [0.25, 0.3) is 0 Å². The van der Waals surface area contributed by atoms with Crippen molar-refractivity contribution in [2.24, 2.45) is 0 Å². The molecule has 1 heterocycles. The fourth-order valence-corrected chi connectivity index (χ4v) is 1.20. The molecule has 90 valence electrons. The van der Waals surface area contributed by atoms with Crippen LogP contribution in [0, 0.1) is 11.3 Å². The fraction of sp³-hybridized carbons (Fsp3) is 0.300. The molecule has 0 atom stereocenters. The van der Waals surface area contributed by atoms with E-state index in [1.54, 1.807) is 6.92 Å². The molecule has 0 unspecified atom stereocenters. The van der Waals surface area contributed by atoms with Gasteiger partial charge in [0.1, 0.15) is 22.9 Å². The van der Waals surface area contributed by atoms with Crippen LogP contribution in [0.4, 0.5) is 14.5 Å². The average molecular weight is 241 g/mol. The summed E-state index contributed by atoms with van der Waals surface area (Å²) in [7, 11) is 0. The van der Waals surface area contributed by atoms with Gasteiger partial charge in [-0.25, -0.2) is 13.6 Å². The maximum absolute atomic E-state index is 12.5. The van der Waals surface area contributed by atoms with Gasteiger partial charge in [-0.15, -0.1) is 0 Å². The number of halogens is 2. The van der Waals surface area contributed by atoms with Gasteiger partial charge in [-0.05, 0) is 6.92 Å². The second-order valence-corrected chi connectivity index (χ2v) is 2.98. The van der Waals surface area contributed by atoms with Gasteiger partial charge in [0, 0.05) is 6.20 Å². The zero-order chi connectivity index (χ0) is 13.0. The lowest BCUT2D eigenvalue weighted by atomic mass is 10.1. The molecule has 0 spiro atoms. The molecule has 5 nitrogen and oxygen atoms in total. The van der Waals surface area contributed by atoms with Crippen molar-refractivity contribution in [2.45, 2.75) is 13.3 Å². The van der Waals surface area contributed by atoms with Crippen LogP contribution in [0.15, 0.2) is 6.20 Å². The van der Waals surface area contributed by atoms with Crippen molar-refractivity contribution >= 4 is 11.7 Å². The number of aromatic nitrogens is 1. The van der Waals surface area contributed by atoms with Crippen LogP contribution in [0.3, 0.4) is 0 Å². The van der Waals surface area contributed by atoms with Gasteiger partial charge in [0.05, 0.1) is 12.3 Å². The van der Waals surface area contributed by atoms with Crippen LogP contribution in [0.1, 0.15) is 35.0 Å². The van der Waals surface area contributed by atoms with Crippen molar-refractivity contribution in [3.05, 3.63) is 23.0 Å². The summed E-state index contributed by atoms with van der Waals surface area (Å²) in [5.41, 5.74) is 3.71. The van der Waals surface area contributed by atoms with E-state index in [-0.39, 0.29) is 17.9 Å².